The molecule has 3 aromatic rings. The van der Waals surface area contributed by atoms with E-state index in [4.69, 9.17) is 4.74 Å². The molecule has 0 aromatic heterocycles. The monoisotopic (exact) mass is 339 g/mol. The molecule has 1 aliphatic rings. The van der Waals surface area contributed by atoms with Crippen LogP contribution in [0.3, 0.4) is 0 Å². The third kappa shape index (κ3) is 2.48. The first-order chi connectivity index (χ1) is 12.5. The van der Waals surface area contributed by atoms with Crippen molar-refractivity contribution in [1.29, 1.82) is 5.26 Å². The highest BCUT2D eigenvalue weighted by Gasteiger charge is 2.31. The second kappa shape index (κ2) is 6.04. The van der Waals surface area contributed by atoms with Crippen LogP contribution in [0.4, 0.5) is 0 Å². The molecule has 1 atom stereocenters. The molecule has 128 valence electrons. The van der Waals surface area contributed by atoms with Gasteiger partial charge in [0.2, 0.25) is 0 Å². The molecule has 0 saturated carbocycles. The summed E-state index contributed by atoms with van der Waals surface area (Å²) < 4.78 is 6.16. The summed E-state index contributed by atoms with van der Waals surface area (Å²) in [5, 5.41) is 9.88. The highest BCUT2D eigenvalue weighted by atomic mass is 16.5. The summed E-state index contributed by atoms with van der Waals surface area (Å²) in [4.78, 5) is 0. The van der Waals surface area contributed by atoms with Crippen LogP contribution in [0.2, 0.25) is 0 Å². The van der Waals surface area contributed by atoms with Crippen LogP contribution in [0.5, 0.6) is 11.5 Å². The lowest BCUT2D eigenvalue weighted by Gasteiger charge is -2.31. The number of benzene rings is 3. The fraction of sp³-hybridized carbons (Fsp3) is 0.208. The van der Waals surface area contributed by atoms with Gasteiger partial charge < -0.3 is 4.74 Å². The van der Waals surface area contributed by atoms with Crippen molar-refractivity contribution in [2.75, 3.05) is 0 Å². The highest BCUT2D eigenvalue weighted by molar-refractivity contribution is 5.61. The molecule has 26 heavy (non-hydrogen) atoms. The van der Waals surface area contributed by atoms with E-state index in [1.807, 2.05) is 30.3 Å². The first kappa shape index (κ1) is 16.4. The fourth-order valence-corrected chi connectivity index (χ4v) is 3.77. The number of nitrogens with zero attached hydrogens (tertiary/aromatic N) is 1. The zero-order valence-electron chi connectivity index (χ0n) is 15.3. The summed E-state index contributed by atoms with van der Waals surface area (Å²) in [6, 6.07) is 25.1. The van der Waals surface area contributed by atoms with Crippen molar-refractivity contribution in [3.63, 3.8) is 0 Å². The van der Waals surface area contributed by atoms with E-state index in [1.165, 1.54) is 11.1 Å². The van der Waals surface area contributed by atoms with E-state index in [1.54, 1.807) is 0 Å². The van der Waals surface area contributed by atoms with Gasteiger partial charge in [0.05, 0.1) is 6.07 Å². The predicted molar refractivity (Wildman–Crippen MR) is 104 cm³/mol. The number of fused-ring (bicyclic) bond motifs is 2. The van der Waals surface area contributed by atoms with Crippen LogP contribution in [0, 0.1) is 18.3 Å². The zero-order chi connectivity index (χ0) is 18.3. The summed E-state index contributed by atoms with van der Waals surface area (Å²) in [6.07, 6.45) is 0. The van der Waals surface area contributed by atoms with Gasteiger partial charge in [0.1, 0.15) is 17.4 Å². The predicted octanol–water partition coefficient (Wildman–Crippen LogP) is 6.08. The zero-order valence-corrected chi connectivity index (χ0v) is 15.3. The molecule has 3 aromatic carbocycles. The summed E-state index contributed by atoms with van der Waals surface area (Å²) in [6.45, 7) is 6.51. The molecule has 1 aliphatic heterocycles. The van der Waals surface area contributed by atoms with Crippen LogP contribution in [0.1, 0.15) is 47.6 Å². The topological polar surface area (TPSA) is 33.0 Å². The lowest BCUT2D eigenvalue weighted by atomic mass is 9.75. The number of hydrogen-bond acceptors (Lipinski definition) is 2. The van der Waals surface area contributed by atoms with Crippen LogP contribution in [0.25, 0.3) is 0 Å². The van der Waals surface area contributed by atoms with Crippen LogP contribution in [0.15, 0.2) is 66.7 Å². The minimum Gasteiger partial charge on any atom is -0.456 e. The highest BCUT2D eigenvalue weighted by Crippen LogP contribution is 2.47. The number of aryl methyl sites for hydroxylation is 1. The van der Waals surface area contributed by atoms with Gasteiger partial charge in [0.25, 0.3) is 0 Å². The van der Waals surface area contributed by atoms with Crippen molar-refractivity contribution in [3.8, 4) is 17.6 Å². The number of hydrogen-bond donors (Lipinski definition) is 0. The molecular formula is C24H21NO. The molecule has 4 rings (SSSR count). The molecule has 2 nitrogen and oxygen atoms in total. The van der Waals surface area contributed by atoms with E-state index < -0.39 is 0 Å². The first-order valence-electron chi connectivity index (χ1n) is 8.89. The Hall–Kier alpha value is -3.05. The first-order valence-corrected chi connectivity index (χ1v) is 8.89. The van der Waals surface area contributed by atoms with Crippen molar-refractivity contribution < 1.29 is 4.74 Å². The van der Waals surface area contributed by atoms with Crippen LogP contribution < -0.4 is 4.74 Å². The van der Waals surface area contributed by atoms with Gasteiger partial charge in [-0.1, -0.05) is 68.4 Å². The maximum atomic E-state index is 9.88. The molecule has 0 bridgehead atoms. The Labute approximate surface area is 154 Å². The SMILES string of the molecule is Cc1cc(C(C)(C)c2ccccc2)cc2c1Oc1ccccc1C2C#N. The van der Waals surface area contributed by atoms with E-state index in [0.717, 1.165) is 28.2 Å². The largest absolute Gasteiger partial charge is 0.456 e. The quantitative estimate of drug-likeness (QED) is 0.566. The summed E-state index contributed by atoms with van der Waals surface area (Å²) in [5.41, 5.74) is 5.27. The van der Waals surface area contributed by atoms with Gasteiger partial charge in [-0.3, -0.25) is 0 Å². The Bertz CT molecular complexity index is 1010. The van der Waals surface area contributed by atoms with Crippen LogP contribution in [-0.4, -0.2) is 0 Å². The van der Waals surface area contributed by atoms with Crippen molar-refractivity contribution in [3.05, 3.63) is 94.5 Å². The van der Waals surface area contributed by atoms with E-state index in [9.17, 15) is 5.26 Å². The van der Waals surface area contributed by atoms with Crippen LogP contribution >= 0.6 is 0 Å². The Morgan fingerprint density at radius 1 is 0.885 bits per heavy atom. The number of ether oxygens (including phenoxy) is 1. The third-order valence-electron chi connectivity index (χ3n) is 5.40. The average Bonchev–Trinajstić information content (AvgIpc) is 2.67. The minimum atomic E-state index is -0.305. The molecule has 0 saturated heterocycles. The summed E-state index contributed by atoms with van der Waals surface area (Å²) in [7, 11) is 0. The van der Waals surface area contributed by atoms with Crippen molar-refractivity contribution >= 4 is 0 Å². The second-order valence-electron chi connectivity index (χ2n) is 7.40. The van der Waals surface area contributed by atoms with Gasteiger partial charge in [-0.2, -0.15) is 5.26 Å². The molecule has 0 fully saturated rings. The molecule has 2 heteroatoms. The van der Waals surface area contributed by atoms with Crippen molar-refractivity contribution in [1.82, 2.24) is 0 Å². The fourth-order valence-electron chi connectivity index (χ4n) is 3.77. The molecular weight excluding hydrogens is 318 g/mol. The molecule has 0 amide bonds. The summed E-state index contributed by atoms with van der Waals surface area (Å²) >= 11 is 0. The van der Waals surface area contributed by atoms with Crippen LogP contribution in [-0.2, 0) is 5.41 Å². The normalized spacial score (nSPS) is 15.4. The van der Waals surface area contributed by atoms with Gasteiger partial charge in [-0.05, 0) is 35.7 Å². The number of rotatable bonds is 2. The van der Waals surface area contributed by atoms with Gasteiger partial charge in [-0.25, -0.2) is 0 Å². The van der Waals surface area contributed by atoms with E-state index in [0.29, 0.717) is 0 Å². The minimum absolute atomic E-state index is 0.155. The second-order valence-corrected chi connectivity index (χ2v) is 7.40. The van der Waals surface area contributed by atoms with Gasteiger partial charge >= 0.3 is 0 Å². The smallest absolute Gasteiger partial charge is 0.135 e. The molecule has 0 radical (unpaired) electrons. The van der Waals surface area contributed by atoms with Gasteiger partial charge in [0.15, 0.2) is 0 Å². The maximum absolute atomic E-state index is 9.88. The lowest BCUT2D eigenvalue weighted by Crippen LogP contribution is -2.20. The van der Waals surface area contributed by atoms with E-state index in [2.05, 4.69) is 63.2 Å². The van der Waals surface area contributed by atoms with E-state index >= 15 is 0 Å². The van der Waals surface area contributed by atoms with Gasteiger partial charge in [0, 0.05) is 16.5 Å². The van der Waals surface area contributed by atoms with Crippen molar-refractivity contribution in [2.24, 2.45) is 0 Å². The standard InChI is InChI=1S/C24H21NO/c1-16-13-18(24(2,3)17-9-5-4-6-10-17)14-20-21(15-25)19-11-7-8-12-22(19)26-23(16)20/h4-14,21H,1-3H3. The summed E-state index contributed by atoms with van der Waals surface area (Å²) in [5.74, 6) is 1.30. The molecule has 0 aliphatic carbocycles. The third-order valence-corrected chi connectivity index (χ3v) is 5.40. The van der Waals surface area contributed by atoms with Crippen molar-refractivity contribution in [2.45, 2.75) is 32.1 Å². The lowest BCUT2D eigenvalue weighted by molar-refractivity contribution is 0.450. The Kier molecular flexibility index (Phi) is 3.81. The maximum Gasteiger partial charge on any atom is 0.135 e. The van der Waals surface area contributed by atoms with E-state index in [-0.39, 0.29) is 11.3 Å². The number of nitriles is 1. The Morgan fingerprint density at radius 3 is 2.31 bits per heavy atom. The molecule has 0 N–H and O–H groups in total. The Balaban J connectivity index is 1.89. The number of para-hydroxylation sites is 1. The Morgan fingerprint density at radius 2 is 1.58 bits per heavy atom. The molecule has 1 unspecified atom stereocenters. The molecule has 0 spiro atoms. The van der Waals surface area contributed by atoms with Gasteiger partial charge in [-0.15, -0.1) is 0 Å². The molecule has 1 heterocycles. The average molecular weight is 339 g/mol.